The van der Waals surface area contributed by atoms with Gasteiger partial charge in [0.25, 0.3) is 11.6 Å². The second kappa shape index (κ2) is 5.04. The molecule has 96 valence electrons. The molecule has 0 bridgehead atoms. The molecule has 2 rings (SSSR count). The smallest absolute Gasteiger partial charge is 0.270 e. The monoisotopic (exact) mass is 260 g/mol. The van der Waals surface area contributed by atoms with Crippen LogP contribution in [0, 0.1) is 10.1 Å². The fourth-order valence-corrected chi connectivity index (χ4v) is 1.33. The summed E-state index contributed by atoms with van der Waals surface area (Å²) < 4.78 is 0. The highest BCUT2D eigenvalue weighted by molar-refractivity contribution is 6.07. The topological polar surface area (TPSA) is 137 Å². The van der Waals surface area contributed by atoms with Crippen LogP contribution in [0.4, 0.5) is 17.3 Å². The number of benzene rings is 1. The van der Waals surface area contributed by atoms with E-state index in [9.17, 15) is 14.9 Å². The molecule has 0 atom stereocenters. The zero-order chi connectivity index (χ0) is 13.8. The van der Waals surface area contributed by atoms with Gasteiger partial charge in [0.2, 0.25) is 5.95 Å². The molecule has 1 amide bonds. The van der Waals surface area contributed by atoms with Crippen LogP contribution in [0.1, 0.15) is 10.4 Å². The Morgan fingerprint density at radius 2 is 2.16 bits per heavy atom. The van der Waals surface area contributed by atoms with Crippen molar-refractivity contribution in [1.29, 1.82) is 0 Å². The van der Waals surface area contributed by atoms with Gasteiger partial charge in [0.1, 0.15) is 0 Å². The molecule has 9 heteroatoms. The minimum Gasteiger partial charge on any atom is -0.398 e. The van der Waals surface area contributed by atoms with Crippen molar-refractivity contribution in [3.63, 3.8) is 0 Å². The van der Waals surface area contributed by atoms with Gasteiger partial charge < -0.3 is 5.73 Å². The Bertz CT molecular complexity index is 630. The lowest BCUT2D eigenvalue weighted by atomic mass is 10.1. The maximum absolute atomic E-state index is 11.9. The highest BCUT2D eigenvalue weighted by Crippen LogP contribution is 2.20. The first kappa shape index (κ1) is 12.4. The highest BCUT2D eigenvalue weighted by Gasteiger charge is 2.16. The number of rotatable bonds is 3. The van der Waals surface area contributed by atoms with E-state index >= 15 is 0 Å². The summed E-state index contributed by atoms with van der Waals surface area (Å²) in [4.78, 5) is 25.7. The molecule has 0 unspecified atom stereocenters. The van der Waals surface area contributed by atoms with Gasteiger partial charge in [-0.1, -0.05) is 0 Å². The summed E-state index contributed by atoms with van der Waals surface area (Å²) in [7, 11) is 0. The molecule has 1 aromatic heterocycles. The number of nitro groups is 1. The van der Waals surface area contributed by atoms with Gasteiger partial charge in [-0.05, 0) is 6.07 Å². The van der Waals surface area contributed by atoms with Crippen molar-refractivity contribution < 1.29 is 9.72 Å². The number of hydrogen-bond acceptors (Lipinski definition) is 7. The fourth-order valence-electron chi connectivity index (χ4n) is 1.33. The van der Waals surface area contributed by atoms with Crippen LogP contribution in [0.2, 0.25) is 0 Å². The number of nitrogen functional groups attached to an aromatic ring is 1. The van der Waals surface area contributed by atoms with Crippen LogP contribution < -0.4 is 11.1 Å². The SMILES string of the molecule is Nc1ccc([N+](=O)[O-])cc1C(=O)Nc1nccnn1. The molecule has 19 heavy (non-hydrogen) atoms. The molecule has 0 radical (unpaired) electrons. The Balaban J connectivity index is 2.28. The first-order valence-corrected chi connectivity index (χ1v) is 5.07. The molecule has 0 spiro atoms. The number of aromatic nitrogens is 3. The molecule has 0 aliphatic carbocycles. The first-order chi connectivity index (χ1) is 9.08. The standard InChI is InChI=1S/C10H8N6O3/c11-8-2-1-6(16(18)19)5-7(8)9(17)14-10-12-3-4-13-15-10/h1-5H,11H2,(H,12,14,15,17). The number of carbonyl (C=O) groups excluding carboxylic acids is 1. The molecule has 9 nitrogen and oxygen atoms in total. The van der Waals surface area contributed by atoms with Gasteiger partial charge in [0, 0.05) is 17.8 Å². The van der Waals surface area contributed by atoms with E-state index in [0.29, 0.717) is 0 Å². The Morgan fingerprint density at radius 1 is 1.37 bits per heavy atom. The van der Waals surface area contributed by atoms with Gasteiger partial charge in [0.05, 0.1) is 22.9 Å². The van der Waals surface area contributed by atoms with Crippen molar-refractivity contribution in [2.75, 3.05) is 11.1 Å². The van der Waals surface area contributed by atoms with E-state index in [-0.39, 0.29) is 22.9 Å². The van der Waals surface area contributed by atoms with Gasteiger partial charge >= 0.3 is 0 Å². The lowest BCUT2D eigenvalue weighted by molar-refractivity contribution is -0.384. The average Bonchev–Trinajstić information content (AvgIpc) is 2.40. The van der Waals surface area contributed by atoms with Gasteiger partial charge in [0.15, 0.2) is 0 Å². The predicted molar refractivity (Wildman–Crippen MR) is 65.3 cm³/mol. The minimum atomic E-state index is -0.644. The van der Waals surface area contributed by atoms with Gasteiger partial charge in [-0.2, -0.15) is 5.10 Å². The van der Waals surface area contributed by atoms with E-state index in [4.69, 9.17) is 5.73 Å². The van der Waals surface area contributed by atoms with Crippen LogP contribution in [0.3, 0.4) is 0 Å². The molecular weight excluding hydrogens is 252 g/mol. The predicted octanol–water partition coefficient (Wildman–Crippen LogP) is 0.614. The quantitative estimate of drug-likeness (QED) is 0.468. The van der Waals surface area contributed by atoms with Gasteiger partial charge in [-0.15, -0.1) is 5.10 Å². The average molecular weight is 260 g/mol. The van der Waals surface area contributed by atoms with Crippen LogP contribution in [0.25, 0.3) is 0 Å². The minimum absolute atomic E-state index is 0.0154. The Labute approximate surface area is 106 Å². The molecule has 0 saturated heterocycles. The van der Waals surface area contributed by atoms with Crippen LogP contribution >= 0.6 is 0 Å². The summed E-state index contributed by atoms with van der Waals surface area (Å²) in [5.41, 5.74) is 5.47. The molecule has 1 aromatic carbocycles. The molecular formula is C10H8N6O3. The fraction of sp³-hybridized carbons (Fsp3) is 0. The molecule has 1 heterocycles. The van der Waals surface area contributed by atoms with E-state index in [1.165, 1.54) is 24.5 Å². The third-order valence-corrected chi connectivity index (χ3v) is 2.20. The number of hydrogen-bond donors (Lipinski definition) is 2. The molecule has 0 aliphatic rings. The number of anilines is 2. The number of nitrogens with two attached hydrogens (primary N) is 1. The molecule has 0 saturated carbocycles. The second-order valence-electron chi connectivity index (χ2n) is 3.45. The number of non-ortho nitro benzene ring substituents is 1. The number of nitrogens with one attached hydrogen (secondary N) is 1. The van der Waals surface area contributed by atoms with Crippen LogP contribution in [0.15, 0.2) is 30.6 Å². The molecule has 0 aliphatic heterocycles. The third kappa shape index (κ3) is 2.77. The summed E-state index contributed by atoms with van der Waals surface area (Å²) in [5.74, 6) is -0.660. The summed E-state index contributed by atoms with van der Waals surface area (Å²) >= 11 is 0. The number of nitrogens with zero attached hydrogens (tertiary/aromatic N) is 4. The molecule has 3 N–H and O–H groups in total. The molecule has 0 fully saturated rings. The third-order valence-electron chi connectivity index (χ3n) is 2.20. The largest absolute Gasteiger partial charge is 0.398 e. The van der Waals surface area contributed by atoms with Crippen LogP contribution in [-0.2, 0) is 0 Å². The van der Waals surface area contributed by atoms with Crippen LogP contribution in [0.5, 0.6) is 0 Å². The summed E-state index contributed by atoms with van der Waals surface area (Å²) in [5, 5.41) is 20.1. The highest BCUT2D eigenvalue weighted by atomic mass is 16.6. The summed E-state index contributed by atoms with van der Waals surface area (Å²) in [6.45, 7) is 0. The van der Waals surface area contributed by atoms with E-state index in [0.717, 1.165) is 6.07 Å². The van der Waals surface area contributed by atoms with Crippen molar-refractivity contribution in [3.05, 3.63) is 46.3 Å². The Kier molecular flexibility index (Phi) is 3.28. The lowest BCUT2D eigenvalue weighted by Gasteiger charge is -2.05. The number of amides is 1. The van der Waals surface area contributed by atoms with E-state index in [1.807, 2.05) is 0 Å². The first-order valence-electron chi connectivity index (χ1n) is 5.07. The van der Waals surface area contributed by atoms with Crippen molar-refractivity contribution in [2.24, 2.45) is 0 Å². The maximum atomic E-state index is 11.9. The van der Waals surface area contributed by atoms with Gasteiger partial charge in [-0.25, -0.2) is 4.98 Å². The van der Waals surface area contributed by atoms with Crippen molar-refractivity contribution in [3.8, 4) is 0 Å². The second-order valence-corrected chi connectivity index (χ2v) is 3.45. The van der Waals surface area contributed by atoms with Gasteiger partial charge in [-0.3, -0.25) is 20.2 Å². The van der Waals surface area contributed by atoms with Crippen LogP contribution in [-0.4, -0.2) is 26.0 Å². The van der Waals surface area contributed by atoms with Crippen molar-refractivity contribution in [2.45, 2.75) is 0 Å². The zero-order valence-electron chi connectivity index (χ0n) is 9.48. The summed E-state index contributed by atoms with van der Waals surface area (Å²) in [6.07, 6.45) is 2.69. The normalized spacial score (nSPS) is 9.89. The molecule has 2 aromatic rings. The van der Waals surface area contributed by atoms with Crippen molar-refractivity contribution in [1.82, 2.24) is 15.2 Å². The van der Waals surface area contributed by atoms with E-state index in [1.54, 1.807) is 0 Å². The number of carbonyl (C=O) groups is 1. The lowest BCUT2D eigenvalue weighted by Crippen LogP contribution is -2.16. The number of nitro benzene ring substituents is 1. The van der Waals surface area contributed by atoms with E-state index < -0.39 is 10.8 Å². The maximum Gasteiger partial charge on any atom is 0.270 e. The van der Waals surface area contributed by atoms with Crippen molar-refractivity contribution >= 4 is 23.2 Å². The Morgan fingerprint density at radius 3 is 2.79 bits per heavy atom. The summed E-state index contributed by atoms with van der Waals surface area (Å²) in [6, 6.07) is 3.59. The van der Waals surface area contributed by atoms with E-state index in [2.05, 4.69) is 20.5 Å². The Hall–Kier alpha value is -3.10. The zero-order valence-corrected chi connectivity index (χ0v) is 9.48.